The molecule has 0 saturated carbocycles. The fraction of sp³-hybridized carbons (Fsp3) is 0.133. The van der Waals surface area contributed by atoms with Crippen molar-refractivity contribution in [3.8, 4) is 0 Å². The lowest BCUT2D eigenvalue weighted by atomic mass is 10.3. The first-order valence-electron chi connectivity index (χ1n) is 6.16. The average Bonchev–Trinajstić information content (AvgIpc) is 2.72. The van der Waals surface area contributed by atoms with Crippen LogP contribution in [0.5, 0.6) is 0 Å². The monoisotopic (exact) mass is 271 g/mol. The second kappa shape index (κ2) is 4.94. The van der Waals surface area contributed by atoms with Gasteiger partial charge in [0.15, 0.2) is 0 Å². The van der Waals surface area contributed by atoms with Gasteiger partial charge >= 0.3 is 0 Å². The molecule has 3 rings (SSSR count). The van der Waals surface area contributed by atoms with Gasteiger partial charge in [0.05, 0.1) is 17.9 Å². The minimum absolute atomic E-state index is 0.720. The number of fused-ring (bicyclic) bond motifs is 1. The first kappa shape index (κ1) is 12.1. The number of hydrogen-bond donors (Lipinski definition) is 1. The van der Waals surface area contributed by atoms with Gasteiger partial charge in [0, 0.05) is 16.9 Å². The maximum Gasteiger partial charge on any atom is 0.137 e. The van der Waals surface area contributed by atoms with E-state index in [-0.39, 0.29) is 0 Å². The van der Waals surface area contributed by atoms with Crippen LogP contribution in [0.25, 0.3) is 5.65 Å². The van der Waals surface area contributed by atoms with E-state index in [9.17, 15) is 0 Å². The molecule has 3 nitrogen and oxygen atoms in total. The van der Waals surface area contributed by atoms with E-state index in [1.54, 1.807) is 0 Å². The van der Waals surface area contributed by atoms with E-state index < -0.39 is 0 Å². The zero-order valence-electron chi connectivity index (χ0n) is 10.6. The maximum absolute atomic E-state index is 5.97. The molecule has 1 N–H and O–H groups in total. The van der Waals surface area contributed by atoms with Crippen molar-refractivity contribution < 1.29 is 0 Å². The summed E-state index contributed by atoms with van der Waals surface area (Å²) in [6, 6.07) is 13.7. The highest BCUT2D eigenvalue weighted by Gasteiger charge is 2.07. The first-order valence-corrected chi connectivity index (χ1v) is 6.54. The summed E-state index contributed by atoms with van der Waals surface area (Å²) in [5.41, 5.74) is 4.19. The molecule has 0 atom stereocenters. The van der Waals surface area contributed by atoms with Gasteiger partial charge in [-0.15, -0.1) is 0 Å². The molecule has 0 fully saturated rings. The minimum atomic E-state index is 0.720. The molecule has 0 aliphatic carbocycles. The van der Waals surface area contributed by atoms with Crippen LogP contribution in [0.15, 0.2) is 48.7 Å². The molecular formula is C15H14ClN3. The van der Waals surface area contributed by atoms with Crippen LogP contribution >= 0.6 is 11.6 Å². The molecule has 0 radical (unpaired) electrons. The molecule has 2 heterocycles. The topological polar surface area (TPSA) is 29.3 Å². The van der Waals surface area contributed by atoms with Crippen LogP contribution in [0, 0.1) is 6.92 Å². The fourth-order valence-electron chi connectivity index (χ4n) is 2.16. The third kappa shape index (κ3) is 2.42. The van der Waals surface area contributed by atoms with Crippen molar-refractivity contribution in [3.63, 3.8) is 0 Å². The van der Waals surface area contributed by atoms with E-state index in [0.717, 1.165) is 34.3 Å². The number of rotatable bonds is 3. The van der Waals surface area contributed by atoms with E-state index >= 15 is 0 Å². The Morgan fingerprint density at radius 3 is 2.95 bits per heavy atom. The quantitative estimate of drug-likeness (QED) is 0.783. The zero-order chi connectivity index (χ0) is 13.2. The Kier molecular flexibility index (Phi) is 3.13. The van der Waals surface area contributed by atoms with E-state index in [2.05, 4.69) is 14.7 Å². The number of benzene rings is 1. The largest absolute Gasteiger partial charge is 0.379 e. The summed E-state index contributed by atoms with van der Waals surface area (Å²) in [6.07, 6.45) is 2.03. The number of aromatic nitrogens is 2. The van der Waals surface area contributed by atoms with Crippen LogP contribution in [0.4, 0.5) is 5.69 Å². The molecule has 0 amide bonds. The normalized spacial score (nSPS) is 10.8. The summed E-state index contributed by atoms with van der Waals surface area (Å²) in [5, 5.41) is 4.11. The second-order valence-electron chi connectivity index (χ2n) is 4.44. The van der Waals surface area contributed by atoms with E-state index in [0.29, 0.717) is 0 Å². The van der Waals surface area contributed by atoms with Crippen LogP contribution in [-0.4, -0.2) is 9.38 Å². The molecule has 0 aliphatic heterocycles. The molecule has 0 unspecified atom stereocenters. The van der Waals surface area contributed by atoms with Gasteiger partial charge in [0.2, 0.25) is 0 Å². The smallest absolute Gasteiger partial charge is 0.137 e. The van der Waals surface area contributed by atoms with E-state index in [1.807, 2.05) is 55.6 Å². The molecule has 0 spiro atoms. The standard InChI is InChI=1S/C15H14ClN3/c1-11-14(19-8-3-2-7-15(19)18-11)10-17-13-6-4-5-12(16)9-13/h2-9,17H,10H2,1H3. The van der Waals surface area contributed by atoms with Crippen LogP contribution in [0.3, 0.4) is 0 Å². The van der Waals surface area contributed by atoms with Gasteiger partial charge in [0.1, 0.15) is 5.65 Å². The van der Waals surface area contributed by atoms with Crippen molar-refractivity contribution in [3.05, 3.63) is 65.1 Å². The summed E-state index contributed by atoms with van der Waals surface area (Å²) in [4.78, 5) is 4.54. The molecule has 0 aliphatic rings. The molecule has 96 valence electrons. The van der Waals surface area contributed by atoms with Crippen molar-refractivity contribution >= 4 is 22.9 Å². The minimum Gasteiger partial charge on any atom is -0.379 e. The van der Waals surface area contributed by atoms with Crippen LogP contribution in [0.1, 0.15) is 11.4 Å². The zero-order valence-corrected chi connectivity index (χ0v) is 11.4. The lowest BCUT2D eigenvalue weighted by Crippen LogP contribution is -2.03. The predicted molar refractivity (Wildman–Crippen MR) is 78.7 cm³/mol. The molecule has 4 heteroatoms. The molecule has 3 aromatic rings. The van der Waals surface area contributed by atoms with Gasteiger partial charge in [-0.25, -0.2) is 4.98 Å². The number of pyridine rings is 1. The molecule has 19 heavy (non-hydrogen) atoms. The van der Waals surface area contributed by atoms with Crippen molar-refractivity contribution in [1.29, 1.82) is 0 Å². The van der Waals surface area contributed by atoms with E-state index in [4.69, 9.17) is 11.6 Å². The molecule has 2 aromatic heterocycles. The molecule has 0 bridgehead atoms. The number of anilines is 1. The summed E-state index contributed by atoms with van der Waals surface area (Å²) in [5.74, 6) is 0. The number of imidazole rings is 1. The summed E-state index contributed by atoms with van der Waals surface area (Å²) >= 11 is 5.97. The molecule has 1 aromatic carbocycles. The number of nitrogens with zero attached hydrogens (tertiary/aromatic N) is 2. The summed E-state index contributed by atoms with van der Waals surface area (Å²) in [6.45, 7) is 2.75. The van der Waals surface area contributed by atoms with Gasteiger partial charge in [-0.1, -0.05) is 23.7 Å². The Morgan fingerprint density at radius 2 is 2.11 bits per heavy atom. The van der Waals surface area contributed by atoms with Gasteiger partial charge < -0.3 is 9.72 Å². The summed E-state index contributed by atoms with van der Waals surface area (Å²) in [7, 11) is 0. The average molecular weight is 272 g/mol. The van der Waals surface area contributed by atoms with Crippen molar-refractivity contribution in [2.45, 2.75) is 13.5 Å². The van der Waals surface area contributed by atoms with E-state index in [1.165, 1.54) is 0 Å². The lowest BCUT2D eigenvalue weighted by molar-refractivity contribution is 0.987. The first-order chi connectivity index (χ1) is 9.24. The SMILES string of the molecule is Cc1nc2ccccn2c1CNc1cccc(Cl)c1. The van der Waals surface area contributed by atoms with Crippen molar-refractivity contribution in [1.82, 2.24) is 9.38 Å². The van der Waals surface area contributed by atoms with Crippen LogP contribution < -0.4 is 5.32 Å². The third-order valence-corrected chi connectivity index (χ3v) is 3.35. The Bertz CT molecular complexity index is 718. The predicted octanol–water partition coefficient (Wildman–Crippen LogP) is 3.91. The Hall–Kier alpha value is -2.00. The number of nitrogens with one attached hydrogen (secondary N) is 1. The maximum atomic E-state index is 5.97. The number of hydrogen-bond acceptors (Lipinski definition) is 2. The Morgan fingerprint density at radius 1 is 1.21 bits per heavy atom. The number of aryl methyl sites for hydroxylation is 1. The fourth-order valence-corrected chi connectivity index (χ4v) is 2.35. The Labute approximate surface area is 116 Å². The number of halogens is 1. The van der Waals surface area contributed by atoms with Gasteiger partial charge in [-0.05, 0) is 37.3 Å². The second-order valence-corrected chi connectivity index (χ2v) is 4.87. The van der Waals surface area contributed by atoms with Crippen LogP contribution in [0.2, 0.25) is 5.02 Å². The van der Waals surface area contributed by atoms with Crippen molar-refractivity contribution in [2.75, 3.05) is 5.32 Å². The van der Waals surface area contributed by atoms with Crippen LogP contribution in [-0.2, 0) is 6.54 Å². The third-order valence-electron chi connectivity index (χ3n) is 3.11. The lowest BCUT2D eigenvalue weighted by Gasteiger charge is -2.07. The summed E-state index contributed by atoms with van der Waals surface area (Å²) < 4.78 is 2.10. The Balaban J connectivity index is 1.87. The van der Waals surface area contributed by atoms with Gasteiger partial charge in [-0.3, -0.25) is 0 Å². The molecular weight excluding hydrogens is 258 g/mol. The highest BCUT2D eigenvalue weighted by Crippen LogP contribution is 2.17. The van der Waals surface area contributed by atoms with Gasteiger partial charge in [0.25, 0.3) is 0 Å². The van der Waals surface area contributed by atoms with Crippen molar-refractivity contribution in [2.24, 2.45) is 0 Å². The highest BCUT2D eigenvalue weighted by atomic mass is 35.5. The van der Waals surface area contributed by atoms with Gasteiger partial charge in [-0.2, -0.15) is 0 Å². The highest BCUT2D eigenvalue weighted by molar-refractivity contribution is 6.30. The molecule has 0 saturated heterocycles.